The van der Waals surface area contributed by atoms with E-state index in [2.05, 4.69) is 23.7 Å². The second kappa shape index (κ2) is 25.6. The Morgan fingerprint density at radius 2 is 0.844 bits per heavy atom. The molecule has 3 nitrogen and oxygen atoms in total. The van der Waals surface area contributed by atoms with Crippen molar-refractivity contribution in [1.29, 1.82) is 0 Å². The third-order valence-electron chi connectivity index (χ3n) is 9.91. The van der Waals surface area contributed by atoms with Crippen LogP contribution in [-0.2, 0) is 6.42 Å². The third kappa shape index (κ3) is 15.0. The number of rotatable bonds is 22. The van der Waals surface area contributed by atoms with Crippen molar-refractivity contribution in [3.05, 3.63) is 135 Å². The highest BCUT2D eigenvalue weighted by Gasteiger charge is 2.32. The summed E-state index contributed by atoms with van der Waals surface area (Å²) in [5, 5.41) is 0. The second-order valence-electron chi connectivity index (χ2n) is 14.9. The van der Waals surface area contributed by atoms with Gasteiger partial charge in [-0.05, 0) is 99.4 Å². The lowest BCUT2D eigenvalue weighted by Crippen LogP contribution is -2.12. The Kier molecular flexibility index (Phi) is 20.4. The Hall–Kier alpha value is -5.63. The van der Waals surface area contributed by atoms with Gasteiger partial charge in [-0.2, -0.15) is 26.3 Å². The molecule has 4 aromatic rings. The van der Waals surface area contributed by atoms with E-state index < -0.39 is 58.3 Å². The van der Waals surface area contributed by atoms with Gasteiger partial charge in [0.2, 0.25) is 17.5 Å². The first-order chi connectivity index (χ1) is 30.7. The Labute approximate surface area is 367 Å². The lowest BCUT2D eigenvalue weighted by atomic mass is 10.0. The van der Waals surface area contributed by atoms with Gasteiger partial charge in [-0.15, -0.1) is 0 Å². The molecule has 64 heavy (non-hydrogen) atoms. The maximum Gasteiger partial charge on any atom is 0.412 e. The quantitative estimate of drug-likeness (QED) is 0.0340. The fourth-order valence-electron chi connectivity index (χ4n) is 6.40. The molecule has 0 aromatic heterocycles. The van der Waals surface area contributed by atoms with Crippen LogP contribution < -0.4 is 14.2 Å². The average Bonchev–Trinajstić information content (AvgIpc) is 3.26. The summed E-state index contributed by atoms with van der Waals surface area (Å²) in [6.07, 6.45) is 2.82. The van der Waals surface area contributed by atoms with Crippen LogP contribution in [0.2, 0.25) is 0 Å². The van der Waals surface area contributed by atoms with Crippen molar-refractivity contribution in [2.45, 2.75) is 110 Å². The van der Waals surface area contributed by atoms with Gasteiger partial charge in [0.1, 0.15) is 0 Å². The predicted molar refractivity (Wildman–Crippen MR) is 223 cm³/mol. The lowest BCUT2D eigenvalue weighted by Gasteiger charge is -2.12. The summed E-state index contributed by atoms with van der Waals surface area (Å²) in [5.74, 6) is -1.63. The normalized spacial score (nSPS) is 11.5. The van der Waals surface area contributed by atoms with Gasteiger partial charge in [-0.25, -0.2) is 22.0 Å². The van der Waals surface area contributed by atoms with E-state index >= 15 is 0 Å². The van der Waals surface area contributed by atoms with Gasteiger partial charge >= 0.3 is 6.18 Å². The first-order valence-corrected chi connectivity index (χ1v) is 21.3. The van der Waals surface area contributed by atoms with E-state index in [0.717, 1.165) is 6.07 Å². The van der Waals surface area contributed by atoms with Crippen molar-refractivity contribution in [3.63, 3.8) is 0 Å². The number of ether oxygens (including phenoxy) is 3. The summed E-state index contributed by atoms with van der Waals surface area (Å²) in [4.78, 5) is 0. The average molecular weight is 907 g/mol. The highest BCUT2D eigenvalue weighted by molar-refractivity contribution is 5.49. The lowest BCUT2D eigenvalue weighted by molar-refractivity contribution is -0.0944. The van der Waals surface area contributed by atoms with Crippen LogP contribution in [0.15, 0.2) is 60.2 Å². The SMILES string of the molecule is CCCOc1ccc(C#Cc2ccc(OCCCCCCC/C(=C/CCCCCCOc3ccc(C#Cc4ccc(CCC)c(F)c4F)c(F)c3F)C(F)(F)F)c(F)c2F)c(F)c1F. The van der Waals surface area contributed by atoms with Crippen LogP contribution in [0.4, 0.5) is 48.3 Å². The van der Waals surface area contributed by atoms with Gasteiger partial charge in [0, 0.05) is 5.57 Å². The Morgan fingerprint density at radius 3 is 1.28 bits per heavy atom. The van der Waals surface area contributed by atoms with Crippen LogP contribution in [0.1, 0.15) is 125 Å². The number of hydrogen-bond acceptors (Lipinski definition) is 3. The molecule has 344 valence electrons. The van der Waals surface area contributed by atoms with Crippen molar-refractivity contribution in [2.24, 2.45) is 0 Å². The standard InChI is InChI=1S/C50H49F11O3/c1-3-15-33-18-19-34(43(52)42(33)51)20-21-35-25-28-40(48(57)45(35)54)63-31-13-9-5-7-11-16-38(50(59,60)61)17-12-8-6-10-14-32-64-41-29-26-37(46(55)49(41)58)23-22-36-24-27-39(62-30-4-2)47(56)44(36)53/h16,18-19,24-29H,3-15,17,30-32H2,1-2H3/b38-16-. The first-order valence-electron chi connectivity index (χ1n) is 21.3. The molecular formula is C50H49F11O3. The molecular weight excluding hydrogens is 858 g/mol. The molecule has 14 heteroatoms. The molecule has 0 atom stereocenters. The highest BCUT2D eigenvalue weighted by Crippen LogP contribution is 2.31. The van der Waals surface area contributed by atoms with Crippen molar-refractivity contribution in [1.82, 2.24) is 0 Å². The Bertz CT molecular complexity index is 2330. The summed E-state index contributed by atoms with van der Waals surface area (Å²) in [7, 11) is 0. The highest BCUT2D eigenvalue weighted by atomic mass is 19.4. The molecule has 0 unspecified atom stereocenters. The summed E-state index contributed by atoms with van der Waals surface area (Å²) >= 11 is 0. The summed E-state index contributed by atoms with van der Waals surface area (Å²) < 4.78 is 173. The Morgan fingerprint density at radius 1 is 0.453 bits per heavy atom. The van der Waals surface area contributed by atoms with Crippen LogP contribution in [-0.4, -0.2) is 26.0 Å². The Balaban J connectivity index is 1.11. The molecule has 0 amide bonds. The fourth-order valence-corrected chi connectivity index (χ4v) is 6.40. The summed E-state index contributed by atoms with van der Waals surface area (Å²) in [5.41, 5.74) is -1.82. The molecule has 0 N–H and O–H groups in total. The van der Waals surface area contributed by atoms with Gasteiger partial charge in [0.05, 0.1) is 42.1 Å². The van der Waals surface area contributed by atoms with Crippen LogP contribution in [0, 0.1) is 70.2 Å². The van der Waals surface area contributed by atoms with Crippen LogP contribution in [0.5, 0.6) is 17.2 Å². The van der Waals surface area contributed by atoms with Gasteiger partial charge in [0.15, 0.2) is 46.3 Å². The minimum Gasteiger partial charge on any atom is -0.490 e. The number of unbranched alkanes of at least 4 members (excludes halogenated alkanes) is 8. The van der Waals surface area contributed by atoms with E-state index in [1.807, 2.05) is 6.92 Å². The van der Waals surface area contributed by atoms with Crippen molar-refractivity contribution < 1.29 is 62.5 Å². The zero-order chi connectivity index (χ0) is 46.6. The molecule has 0 aliphatic carbocycles. The molecule has 0 aliphatic heterocycles. The number of allylic oxidation sites excluding steroid dienone is 2. The van der Waals surface area contributed by atoms with Gasteiger partial charge in [-0.3, -0.25) is 0 Å². The molecule has 0 spiro atoms. The van der Waals surface area contributed by atoms with Crippen molar-refractivity contribution in [2.75, 3.05) is 19.8 Å². The third-order valence-corrected chi connectivity index (χ3v) is 9.91. The zero-order valence-corrected chi connectivity index (χ0v) is 35.6. The number of halogens is 11. The first kappa shape index (κ1) is 51.0. The second-order valence-corrected chi connectivity index (χ2v) is 14.9. The van der Waals surface area contributed by atoms with Crippen molar-refractivity contribution >= 4 is 0 Å². The maximum atomic E-state index is 14.7. The van der Waals surface area contributed by atoms with Crippen LogP contribution in [0.3, 0.4) is 0 Å². The predicted octanol–water partition coefficient (Wildman–Crippen LogP) is 14.6. The fraction of sp³-hybridized carbons (Fsp3) is 0.400. The van der Waals surface area contributed by atoms with Gasteiger partial charge in [0.25, 0.3) is 0 Å². The molecule has 0 saturated heterocycles. The number of benzene rings is 4. The minimum atomic E-state index is -4.47. The largest absolute Gasteiger partial charge is 0.490 e. The molecule has 4 rings (SSSR count). The number of aryl methyl sites for hydroxylation is 1. The molecule has 0 bridgehead atoms. The van der Waals surface area contributed by atoms with Crippen molar-refractivity contribution in [3.8, 4) is 40.9 Å². The maximum absolute atomic E-state index is 14.7. The monoisotopic (exact) mass is 906 g/mol. The van der Waals surface area contributed by atoms with E-state index in [9.17, 15) is 48.3 Å². The number of alkyl halides is 3. The molecule has 0 fully saturated rings. The van der Waals surface area contributed by atoms with E-state index in [0.29, 0.717) is 77.0 Å². The molecule has 0 heterocycles. The zero-order valence-electron chi connectivity index (χ0n) is 35.6. The summed E-state index contributed by atoms with van der Waals surface area (Å²) in [6.45, 7) is 3.87. The van der Waals surface area contributed by atoms with E-state index in [4.69, 9.17) is 14.2 Å². The molecule has 4 aromatic carbocycles. The van der Waals surface area contributed by atoms with Crippen LogP contribution >= 0.6 is 0 Å². The molecule has 0 aliphatic rings. The van der Waals surface area contributed by atoms with E-state index in [1.165, 1.54) is 48.5 Å². The van der Waals surface area contributed by atoms with Gasteiger partial charge in [-0.1, -0.05) is 88.2 Å². The smallest absolute Gasteiger partial charge is 0.412 e. The van der Waals surface area contributed by atoms with E-state index in [-0.39, 0.29) is 77.7 Å². The molecule has 0 radical (unpaired) electrons. The molecule has 0 saturated carbocycles. The minimum absolute atomic E-state index is 0.0285. The van der Waals surface area contributed by atoms with Gasteiger partial charge < -0.3 is 14.2 Å². The summed E-state index contributed by atoms with van der Waals surface area (Å²) in [6, 6.07) is 9.72. The topological polar surface area (TPSA) is 27.7 Å². The van der Waals surface area contributed by atoms with E-state index in [1.54, 1.807) is 6.92 Å². The van der Waals surface area contributed by atoms with Crippen LogP contribution in [0.25, 0.3) is 0 Å². The number of hydrogen-bond donors (Lipinski definition) is 0.